The summed E-state index contributed by atoms with van der Waals surface area (Å²) < 4.78 is 5.34. The molecule has 1 aromatic carbocycles. The number of thioether (sulfide) groups is 1. The summed E-state index contributed by atoms with van der Waals surface area (Å²) in [7, 11) is 1.72. The van der Waals surface area contributed by atoms with Crippen molar-refractivity contribution in [3.8, 4) is 5.75 Å². The van der Waals surface area contributed by atoms with Crippen molar-refractivity contribution in [3.05, 3.63) is 23.3 Å². The predicted octanol–water partition coefficient (Wildman–Crippen LogP) is 2.37. The molecule has 1 atom stereocenters. The van der Waals surface area contributed by atoms with E-state index in [4.69, 9.17) is 10.5 Å². The number of nitrogens with two attached hydrogens (primary N) is 1. The Morgan fingerprint density at radius 3 is 3.00 bits per heavy atom. The van der Waals surface area contributed by atoms with Gasteiger partial charge in [-0.05, 0) is 48.8 Å². The molecule has 0 amide bonds. The summed E-state index contributed by atoms with van der Waals surface area (Å²) in [6.45, 7) is 2.12. The molecule has 2 N–H and O–H groups in total. The van der Waals surface area contributed by atoms with Gasteiger partial charge < -0.3 is 10.5 Å². The van der Waals surface area contributed by atoms with Gasteiger partial charge in [-0.3, -0.25) is 0 Å². The predicted molar refractivity (Wildman–Crippen MR) is 64.8 cm³/mol. The lowest BCUT2D eigenvalue weighted by Gasteiger charge is -2.14. The highest BCUT2D eigenvalue weighted by molar-refractivity contribution is 7.99. The van der Waals surface area contributed by atoms with Gasteiger partial charge in [-0.1, -0.05) is 0 Å². The van der Waals surface area contributed by atoms with Crippen LogP contribution >= 0.6 is 11.8 Å². The highest BCUT2D eigenvalue weighted by Gasteiger charge is 2.17. The van der Waals surface area contributed by atoms with Gasteiger partial charge >= 0.3 is 0 Å². The van der Waals surface area contributed by atoms with Crippen LogP contribution in [0.2, 0.25) is 0 Å². The summed E-state index contributed by atoms with van der Waals surface area (Å²) in [5, 5.41) is 0. The summed E-state index contributed by atoms with van der Waals surface area (Å²) in [6, 6.07) is 4.51. The Morgan fingerprint density at radius 2 is 2.27 bits per heavy atom. The first-order chi connectivity index (χ1) is 7.22. The van der Waals surface area contributed by atoms with Gasteiger partial charge in [0.15, 0.2) is 0 Å². The first kappa shape index (κ1) is 10.8. The van der Waals surface area contributed by atoms with E-state index in [1.165, 1.54) is 16.0 Å². The molecule has 1 heterocycles. The maximum atomic E-state index is 6.06. The zero-order valence-corrected chi connectivity index (χ0v) is 10.1. The quantitative estimate of drug-likeness (QED) is 0.794. The van der Waals surface area contributed by atoms with Crippen molar-refractivity contribution < 1.29 is 4.74 Å². The van der Waals surface area contributed by atoms with E-state index in [-0.39, 0.29) is 0 Å². The largest absolute Gasteiger partial charge is 0.496 e. The van der Waals surface area contributed by atoms with E-state index in [0.717, 1.165) is 24.3 Å². The van der Waals surface area contributed by atoms with Crippen molar-refractivity contribution in [3.63, 3.8) is 0 Å². The van der Waals surface area contributed by atoms with Crippen LogP contribution in [-0.4, -0.2) is 18.9 Å². The van der Waals surface area contributed by atoms with Crippen LogP contribution in [0.15, 0.2) is 17.0 Å². The maximum Gasteiger partial charge on any atom is 0.122 e. The molecule has 0 radical (unpaired) electrons. The van der Waals surface area contributed by atoms with Gasteiger partial charge in [0.1, 0.15) is 5.75 Å². The van der Waals surface area contributed by atoms with Crippen LogP contribution in [0, 0.1) is 6.92 Å². The van der Waals surface area contributed by atoms with E-state index in [0.29, 0.717) is 6.04 Å². The molecule has 0 fully saturated rings. The third-order valence-electron chi connectivity index (χ3n) is 2.94. The molecule has 0 spiro atoms. The fraction of sp³-hybridized carbons (Fsp3) is 0.500. The SMILES string of the molecule is COc1ccc2c(c1C)CC(N)CCS2. The van der Waals surface area contributed by atoms with Gasteiger partial charge in [0.25, 0.3) is 0 Å². The van der Waals surface area contributed by atoms with Crippen molar-refractivity contribution in [1.29, 1.82) is 0 Å². The number of fused-ring (bicyclic) bond motifs is 1. The third-order valence-corrected chi connectivity index (χ3v) is 4.07. The molecule has 2 nitrogen and oxygen atoms in total. The van der Waals surface area contributed by atoms with Crippen molar-refractivity contribution in [1.82, 2.24) is 0 Å². The highest BCUT2D eigenvalue weighted by atomic mass is 32.2. The zero-order chi connectivity index (χ0) is 10.8. The van der Waals surface area contributed by atoms with Crippen LogP contribution in [0.1, 0.15) is 17.5 Å². The molecule has 0 aromatic heterocycles. The third kappa shape index (κ3) is 2.13. The second kappa shape index (κ2) is 4.45. The first-order valence-corrected chi connectivity index (χ1v) is 6.25. The summed E-state index contributed by atoms with van der Waals surface area (Å²) in [5.41, 5.74) is 8.68. The number of ether oxygens (including phenoxy) is 1. The van der Waals surface area contributed by atoms with Gasteiger partial charge in [0.05, 0.1) is 7.11 Å². The molecule has 1 aliphatic rings. The van der Waals surface area contributed by atoms with Gasteiger partial charge in [-0.25, -0.2) is 0 Å². The molecule has 82 valence electrons. The molecule has 3 heteroatoms. The first-order valence-electron chi connectivity index (χ1n) is 5.27. The molecule has 1 aliphatic heterocycles. The average molecular weight is 223 g/mol. The Morgan fingerprint density at radius 1 is 1.47 bits per heavy atom. The Bertz CT molecular complexity index is 365. The molecule has 2 rings (SSSR count). The molecular formula is C12H17NOS. The van der Waals surface area contributed by atoms with E-state index in [2.05, 4.69) is 19.1 Å². The Hall–Kier alpha value is -0.670. The lowest BCUT2D eigenvalue weighted by atomic mass is 9.99. The van der Waals surface area contributed by atoms with Gasteiger partial charge in [-0.2, -0.15) is 0 Å². The molecule has 15 heavy (non-hydrogen) atoms. The topological polar surface area (TPSA) is 35.2 Å². The van der Waals surface area contributed by atoms with E-state index >= 15 is 0 Å². The maximum absolute atomic E-state index is 6.06. The lowest BCUT2D eigenvalue weighted by Crippen LogP contribution is -2.22. The summed E-state index contributed by atoms with van der Waals surface area (Å²) in [4.78, 5) is 1.38. The fourth-order valence-electron chi connectivity index (χ4n) is 2.01. The minimum absolute atomic E-state index is 0.296. The van der Waals surface area contributed by atoms with Crippen LogP contribution in [0.5, 0.6) is 5.75 Å². The molecule has 0 saturated heterocycles. The van der Waals surface area contributed by atoms with Crippen LogP contribution in [-0.2, 0) is 6.42 Å². The monoisotopic (exact) mass is 223 g/mol. The fourth-order valence-corrected chi connectivity index (χ4v) is 3.22. The second-order valence-corrected chi connectivity index (χ2v) is 5.11. The molecule has 1 unspecified atom stereocenters. The van der Waals surface area contributed by atoms with Crippen molar-refractivity contribution >= 4 is 11.8 Å². The second-order valence-electron chi connectivity index (χ2n) is 3.97. The number of rotatable bonds is 1. The number of benzene rings is 1. The number of hydrogen-bond donors (Lipinski definition) is 1. The standard InChI is InChI=1S/C12H17NOS/c1-8-10-7-9(13)5-6-15-12(10)4-3-11(8)14-2/h3-4,9H,5-7,13H2,1-2H3. The van der Waals surface area contributed by atoms with E-state index in [1.54, 1.807) is 7.11 Å². The van der Waals surface area contributed by atoms with Crippen molar-refractivity contribution in [2.45, 2.75) is 30.7 Å². The van der Waals surface area contributed by atoms with Crippen LogP contribution in [0.3, 0.4) is 0 Å². The van der Waals surface area contributed by atoms with E-state index in [9.17, 15) is 0 Å². The van der Waals surface area contributed by atoms with E-state index < -0.39 is 0 Å². The summed E-state index contributed by atoms with van der Waals surface area (Å²) >= 11 is 1.91. The number of methoxy groups -OCH3 is 1. The average Bonchev–Trinajstić information content (AvgIpc) is 2.41. The Kier molecular flexibility index (Phi) is 3.22. The van der Waals surface area contributed by atoms with Gasteiger partial charge in [-0.15, -0.1) is 11.8 Å². The molecule has 0 aliphatic carbocycles. The minimum atomic E-state index is 0.296. The smallest absolute Gasteiger partial charge is 0.122 e. The molecule has 0 bridgehead atoms. The van der Waals surface area contributed by atoms with Gasteiger partial charge in [0, 0.05) is 10.9 Å². The summed E-state index contributed by atoms with van der Waals surface area (Å²) in [5.74, 6) is 2.10. The van der Waals surface area contributed by atoms with Crippen LogP contribution in [0.25, 0.3) is 0 Å². The molecule has 1 aromatic rings. The van der Waals surface area contributed by atoms with Crippen LogP contribution < -0.4 is 10.5 Å². The Balaban J connectivity index is 2.44. The van der Waals surface area contributed by atoms with Crippen molar-refractivity contribution in [2.24, 2.45) is 5.73 Å². The minimum Gasteiger partial charge on any atom is -0.496 e. The molecular weight excluding hydrogens is 206 g/mol. The van der Waals surface area contributed by atoms with E-state index in [1.807, 2.05) is 11.8 Å². The normalized spacial score (nSPS) is 20.6. The zero-order valence-electron chi connectivity index (χ0n) is 9.25. The lowest BCUT2D eigenvalue weighted by molar-refractivity contribution is 0.410. The molecule has 0 saturated carbocycles. The Labute approximate surface area is 95.2 Å². The highest BCUT2D eigenvalue weighted by Crippen LogP contribution is 2.34. The summed E-state index contributed by atoms with van der Waals surface area (Å²) in [6.07, 6.45) is 2.08. The van der Waals surface area contributed by atoms with Crippen LogP contribution in [0.4, 0.5) is 0 Å². The van der Waals surface area contributed by atoms with Gasteiger partial charge in [0.2, 0.25) is 0 Å². The number of hydrogen-bond acceptors (Lipinski definition) is 3. The van der Waals surface area contributed by atoms with Crippen molar-refractivity contribution in [2.75, 3.05) is 12.9 Å².